The molecule has 0 saturated heterocycles. The Hall–Kier alpha value is -2.87. The number of hydrogen-bond donors (Lipinski definition) is 1. The van der Waals surface area contributed by atoms with E-state index in [0.29, 0.717) is 11.0 Å². The van der Waals surface area contributed by atoms with Gasteiger partial charge in [-0.1, -0.05) is 30.0 Å². The van der Waals surface area contributed by atoms with Crippen LogP contribution in [0.25, 0.3) is 11.4 Å². The highest BCUT2D eigenvalue weighted by atomic mass is 32.2. The molecule has 3 aromatic rings. The van der Waals surface area contributed by atoms with Crippen LogP contribution < -0.4 is 10.7 Å². The van der Waals surface area contributed by atoms with Gasteiger partial charge in [-0.3, -0.25) is 9.78 Å². The normalized spacial score (nSPS) is 13.5. The van der Waals surface area contributed by atoms with Gasteiger partial charge >= 0.3 is 0 Å². The summed E-state index contributed by atoms with van der Waals surface area (Å²) in [6.07, 6.45) is 5.34. The summed E-state index contributed by atoms with van der Waals surface area (Å²) >= 11 is 1.30. The molecule has 1 aliphatic heterocycles. The van der Waals surface area contributed by atoms with Gasteiger partial charge in [0.25, 0.3) is 0 Å². The van der Waals surface area contributed by atoms with Crippen LogP contribution in [0.1, 0.15) is 12.0 Å². The third kappa shape index (κ3) is 3.15. The molecule has 2 N–H and O–H groups in total. The van der Waals surface area contributed by atoms with Gasteiger partial charge in [0.1, 0.15) is 0 Å². The number of carbonyl (C=O) groups is 1. The van der Waals surface area contributed by atoms with E-state index in [4.69, 9.17) is 5.84 Å². The molecule has 0 fully saturated rings. The van der Waals surface area contributed by atoms with Gasteiger partial charge in [0.2, 0.25) is 11.1 Å². The highest BCUT2D eigenvalue weighted by Crippen LogP contribution is 2.28. The van der Waals surface area contributed by atoms with Gasteiger partial charge < -0.3 is 10.7 Å². The van der Waals surface area contributed by atoms with Crippen LogP contribution in [-0.2, 0) is 11.2 Å². The molecular formula is C18H18N6OS. The Kier molecular flexibility index (Phi) is 4.57. The number of benzene rings is 1. The Labute approximate surface area is 155 Å². The van der Waals surface area contributed by atoms with Crippen LogP contribution >= 0.6 is 11.8 Å². The van der Waals surface area contributed by atoms with Gasteiger partial charge in [0.05, 0.1) is 5.75 Å². The zero-order valence-electron chi connectivity index (χ0n) is 14.1. The zero-order chi connectivity index (χ0) is 17.9. The minimum atomic E-state index is 0.0515. The van der Waals surface area contributed by atoms with Crippen molar-refractivity contribution in [2.24, 2.45) is 0 Å². The first kappa shape index (κ1) is 16.6. The molecule has 0 atom stereocenters. The average molecular weight is 366 g/mol. The SMILES string of the molecule is Nn1c(SCC(=O)N2CCCc3ccccc32)nnc1-c1ccncc1. The molecule has 3 heterocycles. The van der Waals surface area contributed by atoms with Gasteiger partial charge in [-0.25, -0.2) is 4.68 Å². The second-order valence-electron chi connectivity index (χ2n) is 5.98. The number of para-hydroxylation sites is 1. The second kappa shape index (κ2) is 7.17. The van der Waals surface area contributed by atoms with Crippen LogP contribution in [0, 0.1) is 0 Å². The number of rotatable bonds is 4. The minimum absolute atomic E-state index is 0.0515. The molecule has 1 aliphatic rings. The fourth-order valence-corrected chi connectivity index (χ4v) is 3.80. The third-order valence-electron chi connectivity index (χ3n) is 4.34. The van der Waals surface area contributed by atoms with E-state index in [0.717, 1.165) is 30.6 Å². The minimum Gasteiger partial charge on any atom is -0.335 e. The Morgan fingerprint density at radius 3 is 2.81 bits per heavy atom. The van der Waals surface area contributed by atoms with Crippen molar-refractivity contribution in [1.29, 1.82) is 0 Å². The number of nitrogens with zero attached hydrogens (tertiary/aromatic N) is 5. The van der Waals surface area contributed by atoms with Gasteiger partial charge in [0.15, 0.2) is 5.82 Å². The first-order valence-electron chi connectivity index (χ1n) is 8.36. The van der Waals surface area contributed by atoms with E-state index in [-0.39, 0.29) is 11.7 Å². The number of carbonyl (C=O) groups excluding carboxylic acids is 1. The molecule has 0 unspecified atom stereocenters. The highest BCUT2D eigenvalue weighted by Gasteiger charge is 2.23. The number of pyridine rings is 1. The maximum atomic E-state index is 12.7. The van der Waals surface area contributed by atoms with Gasteiger partial charge in [0, 0.05) is 30.2 Å². The molecular weight excluding hydrogens is 348 g/mol. The first-order chi connectivity index (χ1) is 12.7. The van der Waals surface area contributed by atoms with Crippen LogP contribution in [0.5, 0.6) is 0 Å². The standard InChI is InChI=1S/C18H18N6OS/c19-24-17(14-7-9-20-10-8-14)21-22-18(24)26-12-16(25)23-11-3-5-13-4-1-2-6-15(13)23/h1-2,4,6-10H,3,5,11-12,19H2. The predicted octanol–water partition coefficient (Wildman–Crippen LogP) is 2.13. The van der Waals surface area contributed by atoms with Crippen LogP contribution in [0.2, 0.25) is 0 Å². The van der Waals surface area contributed by atoms with Gasteiger partial charge in [-0.05, 0) is 36.6 Å². The molecule has 1 aromatic carbocycles. The summed E-state index contributed by atoms with van der Waals surface area (Å²) in [6.45, 7) is 0.744. The summed E-state index contributed by atoms with van der Waals surface area (Å²) in [5, 5.41) is 8.75. The van der Waals surface area contributed by atoms with Crippen molar-refractivity contribution in [1.82, 2.24) is 19.9 Å². The molecule has 4 rings (SSSR count). The fraction of sp³-hybridized carbons (Fsp3) is 0.222. The van der Waals surface area contributed by atoms with Crippen molar-refractivity contribution < 1.29 is 4.79 Å². The molecule has 0 bridgehead atoms. The van der Waals surface area contributed by atoms with Crippen molar-refractivity contribution >= 4 is 23.4 Å². The summed E-state index contributed by atoms with van der Waals surface area (Å²) in [5.41, 5.74) is 3.06. The lowest BCUT2D eigenvalue weighted by molar-refractivity contribution is -0.116. The molecule has 132 valence electrons. The summed E-state index contributed by atoms with van der Waals surface area (Å²) in [5.74, 6) is 6.96. The summed E-state index contributed by atoms with van der Waals surface area (Å²) in [7, 11) is 0. The Bertz CT molecular complexity index is 926. The molecule has 0 saturated carbocycles. The zero-order valence-corrected chi connectivity index (χ0v) is 14.9. The maximum absolute atomic E-state index is 12.7. The molecule has 2 aromatic heterocycles. The predicted molar refractivity (Wildman–Crippen MR) is 101 cm³/mol. The number of nitrogen functional groups attached to an aromatic ring is 1. The molecule has 1 amide bonds. The van der Waals surface area contributed by atoms with E-state index < -0.39 is 0 Å². The first-order valence-corrected chi connectivity index (χ1v) is 9.34. The van der Waals surface area contributed by atoms with E-state index in [1.165, 1.54) is 22.0 Å². The van der Waals surface area contributed by atoms with E-state index in [2.05, 4.69) is 21.2 Å². The second-order valence-corrected chi connectivity index (χ2v) is 6.92. The Balaban J connectivity index is 1.47. The number of anilines is 1. The summed E-state index contributed by atoms with van der Waals surface area (Å²) in [4.78, 5) is 18.6. The number of hydrogen-bond acceptors (Lipinski definition) is 6. The molecule has 8 heteroatoms. The number of thioether (sulfide) groups is 1. The van der Waals surface area contributed by atoms with Gasteiger partial charge in [-0.15, -0.1) is 10.2 Å². The number of fused-ring (bicyclic) bond motifs is 1. The third-order valence-corrected chi connectivity index (χ3v) is 5.27. The lowest BCUT2D eigenvalue weighted by atomic mass is 10.0. The van der Waals surface area contributed by atoms with Crippen molar-refractivity contribution in [3.05, 3.63) is 54.4 Å². The van der Waals surface area contributed by atoms with Crippen molar-refractivity contribution in [2.75, 3.05) is 23.0 Å². The maximum Gasteiger partial charge on any atom is 0.237 e. The number of aryl methyl sites for hydroxylation is 1. The van der Waals surface area contributed by atoms with Crippen molar-refractivity contribution in [2.45, 2.75) is 18.0 Å². The fourth-order valence-electron chi connectivity index (χ4n) is 3.07. The molecule has 0 radical (unpaired) electrons. The highest BCUT2D eigenvalue weighted by molar-refractivity contribution is 7.99. The Morgan fingerprint density at radius 1 is 1.15 bits per heavy atom. The lowest BCUT2D eigenvalue weighted by Gasteiger charge is -2.29. The number of aromatic nitrogens is 4. The van der Waals surface area contributed by atoms with Crippen LogP contribution in [0.4, 0.5) is 5.69 Å². The lowest BCUT2D eigenvalue weighted by Crippen LogP contribution is -2.36. The van der Waals surface area contributed by atoms with Crippen LogP contribution in [-0.4, -0.2) is 38.1 Å². The molecule has 26 heavy (non-hydrogen) atoms. The summed E-state index contributed by atoms with van der Waals surface area (Å²) in [6, 6.07) is 11.7. The monoisotopic (exact) mass is 366 g/mol. The Morgan fingerprint density at radius 2 is 1.96 bits per heavy atom. The largest absolute Gasteiger partial charge is 0.335 e. The summed E-state index contributed by atoms with van der Waals surface area (Å²) < 4.78 is 1.41. The van der Waals surface area contributed by atoms with E-state index >= 15 is 0 Å². The average Bonchev–Trinajstić information content (AvgIpc) is 3.07. The van der Waals surface area contributed by atoms with Crippen LogP contribution in [0.15, 0.2) is 53.9 Å². The van der Waals surface area contributed by atoms with Crippen molar-refractivity contribution in [3.8, 4) is 11.4 Å². The topological polar surface area (TPSA) is 89.9 Å². The molecule has 0 spiro atoms. The molecule has 7 nitrogen and oxygen atoms in total. The van der Waals surface area contributed by atoms with Gasteiger partial charge in [-0.2, -0.15) is 0 Å². The molecule has 0 aliphatic carbocycles. The van der Waals surface area contributed by atoms with Crippen molar-refractivity contribution in [3.63, 3.8) is 0 Å². The van der Waals surface area contributed by atoms with E-state index in [1.54, 1.807) is 12.4 Å². The van der Waals surface area contributed by atoms with E-state index in [1.807, 2.05) is 35.2 Å². The smallest absolute Gasteiger partial charge is 0.237 e. The number of nitrogens with two attached hydrogens (primary N) is 1. The number of amides is 1. The quantitative estimate of drug-likeness (QED) is 0.562. The van der Waals surface area contributed by atoms with Crippen LogP contribution in [0.3, 0.4) is 0 Å². The van der Waals surface area contributed by atoms with E-state index in [9.17, 15) is 4.79 Å².